The van der Waals surface area contributed by atoms with Gasteiger partial charge in [0.1, 0.15) is 11.8 Å². The van der Waals surface area contributed by atoms with Gasteiger partial charge in [-0.25, -0.2) is 13.2 Å². The molecule has 0 aromatic heterocycles. The summed E-state index contributed by atoms with van der Waals surface area (Å²) in [5.41, 5.74) is 5.48. The maximum absolute atomic E-state index is 12.8. The number of carbonyl (C=O) groups excluding carboxylic acids is 2. The SMILES string of the molecule is COc1ccc(NC(=O)C(NC(N)=O)C(C)C)cc1NS(=O)(=O)c1ccc(Cl)c(Cl)c1. The molecule has 0 aliphatic rings. The minimum Gasteiger partial charge on any atom is -0.495 e. The molecule has 12 heteroatoms. The maximum atomic E-state index is 12.8. The summed E-state index contributed by atoms with van der Waals surface area (Å²) in [5.74, 6) is -0.534. The second-order valence-corrected chi connectivity index (χ2v) is 9.31. The van der Waals surface area contributed by atoms with Crippen LogP contribution >= 0.6 is 23.2 Å². The second kappa shape index (κ2) is 10.1. The van der Waals surface area contributed by atoms with Crippen molar-refractivity contribution in [3.05, 3.63) is 46.4 Å². The number of nitrogens with two attached hydrogens (primary N) is 1. The molecule has 2 aromatic carbocycles. The fourth-order valence-corrected chi connectivity index (χ4v) is 4.07. The lowest BCUT2D eigenvalue weighted by Gasteiger charge is -2.21. The van der Waals surface area contributed by atoms with E-state index in [0.717, 1.165) is 0 Å². The van der Waals surface area contributed by atoms with E-state index in [9.17, 15) is 18.0 Å². The third-order valence-electron chi connectivity index (χ3n) is 4.16. The van der Waals surface area contributed by atoms with Crippen molar-refractivity contribution in [1.82, 2.24) is 5.32 Å². The molecule has 2 rings (SSSR count). The Bertz CT molecular complexity index is 1090. The number of hydrogen-bond donors (Lipinski definition) is 4. The van der Waals surface area contributed by atoms with Gasteiger partial charge in [0.05, 0.1) is 27.7 Å². The number of methoxy groups -OCH3 is 1. The molecule has 2 aromatic rings. The molecule has 1 atom stereocenters. The van der Waals surface area contributed by atoms with Gasteiger partial charge in [-0.15, -0.1) is 0 Å². The fraction of sp³-hybridized carbons (Fsp3) is 0.263. The highest BCUT2D eigenvalue weighted by molar-refractivity contribution is 7.92. The van der Waals surface area contributed by atoms with Gasteiger partial charge in [-0.3, -0.25) is 9.52 Å². The molecule has 0 spiro atoms. The molecule has 9 nitrogen and oxygen atoms in total. The van der Waals surface area contributed by atoms with Crippen LogP contribution in [0.5, 0.6) is 5.75 Å². The van der Waals surface area contributed by atoms with Crippen LogP contribution in [-0.4, -0.2) is 33.5 Å². The van der Waals surface area contributed by atoms with Crippen molar-refractivity contribution in [2.45, 2.75) is 24.8 Å². The van der Waals surface area contributed by atoms with Gasteiger partial charge in [-0.05, 0) is 42.3 Å². The fourth-order valence-electron chi connectivity index (χ4n) is 2.62. The molecule has 3 amide bonds. The predicted octanol–water partition coefficient (Wildman–Crippen LogP) is 3.43. The van der Waals surface area contributed by atoms with Gasteiger partial charge in [-0.2, -0.15) is 0 Å². The first kappa shape index (κ1) is 24.6. The zero-order valence-corrected chi connectivity index (χ0v) is 19.2. The number of anilines is 2. The number of primary amides is 1. The average Bonchev–Trinajstić information content (AvgIpc) is 2.67. The summed E-state index contributed by atoms with van der Waals surface area (Å²) < 4.78 is 33.1. The molecule has 0 fully saturated rings. The zero-order valence-electron chi connectivity index (χ0n) is 16.9. The molecular formula is C19H22Cl2N4O5S. The van der Waals surface area contributed by atoms with Crippen LogP contribution < -0.4 is 25.8 Å². The predicted molar refractivity (Wildman–Crippen MR) is 120 cm³/mol. The number of sulfonamides is 1. The number of ether oxygens (including phenoxy) is 1. The minimum absolute atomic E-state index is 0.0790. The highest BCUT2D eigenvalue weighted by Gasteiger charge is 2.24. The maximum Gasteiger partial charge on any atom is 0.312 e. The first-order valence-electron chi connectivity index (χ1n) is 8.97. The van der Waals surface area contributed by atoms with E-state index >= 15 is 0 Å². The molecular weight excluding hydrogens is 467 g/mol. The number of amides is 3. The Morgan fingerprint density at radius 2 is 1.74 bits per heavy atom. The van der Waals surface area contributed by atoms with E-state index in [1.807, 2.05) is 0 Å². The normalized spacial score (nSPS) is 12.2. The largest absolute Gasteiger partial charge is 0.495 e. The van der Waals surface area contributed by atoms with Gasteiger partial charge in [0.25, 0.3) is 10.0 Å². The Labute approximate surface area is 190 Å². The number of nitrogens with one attached hydrogen (secondary N) is 3. The zero-order chi connectivity index (χ0) is 23.3. The highest BCUT2D eigenvalue weighted by Crippen LogP contribution is 2.31. The molecule has 0 saturated heterocycles. The number of carbonyl (C=O) groups is 2. The van der Waals surface area contributed by atoms with Gasteiger partial charge < -0.3 is 21.1 Å². The first-order chi connectivity index (χ1) is 14.4. The monoisotopic (exact) mass is 488 g/mol. The third kappa shape index (κ3) is 6.39. The lowest BCUT2D eigenvalue weighted by molar-refractivity contribution is -0.118. The lowest BCUT2D eigenvalue weighted by Crippen LogP contribution is -2.49. The number of halogens is 2. The summed E-state index contributed by atoms with van der Waals surface area (Å²) in [6.07, 6.45) is 0. The van der Waals surface area contributed by atoms with Crippen LogP contribution in [0.15, 0.2) is 41.3 Å². The van der Waals surface area contributed by atoms with E-state index in [-0.39, 0.29) is 38.0 Å². The van der Waals surface area contributed by atoms with Gasteiger partial charge in [0, 0.05) is 5.69 Å². The van der Waals surface area contributed by atoms with E-state index in [1.54, 1.807) is 13.8 Å². The molecule has 0 aliphatic carbocycles. The second-order valence-electron chi connectivity index (χ2n) is 6.82. The van der Waals surface area contributed by atoms with Crippen LogP contribution in [0.2, 0.25) is 10.0 Å². The first-order valence-corrected chi connectivity index (χ1v) is 11.2. The van der Waals surface area contributed by atoms with Gasteiger partial charge >= 0.3 is 6.03 Å². The number of urea groups is 1. The molecule has 0 aliphatic heterocycles. The minimum atomic E-state index is -4.04. The molecule has 31 heavy (non-hydrogen) atoms. The van der Waals surface area contributed by atoms with Crippen molar-refractivity contribution in [2.75, 3.05) is 17.1 Å². The smallest absolute Gasteiger partial charge is 0.312 e. The van der Waals surface area contributed by atoms with E-state index < -0.39 is 28.0 Å². The summed E-state index contributed by atoms with van der Waals surface area (Å²) in [4.78, 5) is 23.6. The Balaban J connectivity index is 2.32. The van der Waals surface area contributed by atoms with Crippen molar-refractivity contribution in [2.24, 2.45) is 11.7 Å². The summed E-state index contributed by atoms with van der Waals surface area (Å²) in [6, 6.07) is 6.56. The standard InChI is InChI=1S/C19H22Cl2N4O5S/c1-10(2)17(24-19(22)27)18(26)23-11-4-7-16(30-3)15(8-11)25-31(28,29)12-5-6-13(20)14(21)9-12/h4-10,17,25H,1-3H3,(H,23,26)(H3,22,24,27). The molecule has 168 valence electrons. The third-order valence-corrected chi connectivity index (χ3v) is 6.26. The van der Waals surface area contributed by atoms with Crippen LogP contribution in [0, 0.1) is 5.92 Å². The molecule has 0 heterocycles. The van der Waals surface area contributed by atoms with Crippen molar-refractivity contribution >= 4 is 56.5 Å². The molecule has 0 saturated carbocycles. The number of benzene rings is 2. The van der Waals surface area contributed by atoms with Crippen molar-refractivity contribution in [3.63, 3.8) is 0 Å². The van der Waals surface area contributed by atoms with Crippen molar-refractivity contribution < 1.29 is 22.7 Å². The quantitative estimate of drug-likeness (QED) is 0.450. The van der Waals surface area contributed by atoms with Crippen molar-refractivity contribution in [1.29, 1.82) is 0 Å². The van der Waals surface area contributed by atoms with E-state index in [1.165, 1.54) is 43.5 Å². The summed E-state index contributed by atoms with van der Waals surface area (Å²) >= 11 is 11.8. The van der Waals surface area contributed by atoms with E-state index in [0.29, 0.717) is 0 Å². The molecule has 1 unspecified atom stereocenters. The average molecular weight is 489 g/mol. The molecule has 5 N–H and O–H groups in total. The van der Waals surface area contributed by atoms with Crippen molar-refractivity contribution in [3.8, 4) is 5.75 Å². The van der Waals surface area contributed by atoms with Crippen LogP contribution in [0.25, 0.3) is 0 Å². The van der Waals surface area contributed by atoms with Gasteiger partial charge in [-0.1, -0.05) is 37.0 Å². The summed E-state index contributed by atoms with van der Waals surface area (Å²) in [7, 11) is -2.66. The van der Waals surface area contributed by atoms with Gasteiger partial charge in [0.2, 0.25) is 5.91 Å². The Hall–Kier alpha value is -2.69. The Kier molecular flexibility index (Phi) is 7.99. The summed E-state index contributed by atoms with van der Waals surface area (Å²) in [5, 5.41) is 5.30. The van der Waals surface area contributed by atoms with Crippen LogP contribution in [0.1, 0.15) is 13.8 Å². The van der Waals surface area contributed by atoms with Crippen LogP contribution in [0.3, 0.4) is 0 Å². The van der Waals surface area contributed by atoms with E-state index in [4.69, 9.17) is 33.7 Å². The number of rotatable bonds is 8. The lowest BCUT2D eigenvalue weighted by atomic mass is 10.0. The number of hydrogen-bond acceptors (Lipinski definition) is 5. The summed E-state index contributed by atoms with van der Waals surface area (Å²) in [6.45, 7) is 3.48. The van der Waals surface area contributed by atoms with Crippen LogP contribution in [-0.2, 0) is 14.8 Å². The van der Waals surface area contributed by atoms with E-state index in [2.05, 4.69) is 15.4 Å². The van der Waals surface area contributed by atoms with Gasteiger partial charge in [0.15, 0.2) is 0 Å². The van der Waals surface area contributed by atoms with Crippen LogP contribution in [0.4, 0.5) is 16.2 Å². The molecule has 0 bridgehead atoms. The topological polar surface area (TPSA) is 140 Å². The highest BCUT2D eigenvalue weighted by atomic mass is 35.5. The Morgan fingerprint density at radius 1 is 1.06 bits per heavy atom. The molecule has 0 radical (unpaired) electrons. The Morgan fingerprint density at radius 3 is 2.29 bits per heavy atom.